The number of carbonyl (C=O) groups is 1. The summed E-state index contributed by atoms with van der Waals surface area (Å²) in [6.45, 7) is 3.62. The molecule has 0 aliphatic rings. The molecule has 0 radical (unpaired) electrons. The molecule has 3 nitrogen and oxygen atoms in total. The Balaban J connectivity index is 2.48. The zero-order valence-corrected chi connectivity index (χ0v) is 10.3. The lowest BCUT2D eigenvalue weighted by Gasteiger charge is -2.15. The van der Waals surface area contributed by atoms with Gasteiger partial charge in [-0.2, -0.15) is 0 Å². The van der Waals surface area contributed by atoms with E-state index in [0.29, 0.717) is 0 Å². The lowest BCUT2D eigenvalue weighted by molar-refractivity contribution is -0.122. The second kappa shape index (κ2) is 5.87. The molecule has 1 rings (SSSR count). The Bertz CT molecular complexity index is 349. The zero-order chi connectivity index (χ0) is 12.1. The third-order valence-electron chi connectivity index (χ3n) is 2.26. The second-order valence-electron chi connectivity index (χ2n) is 4.03. The maximum absolute atomic E-state index is 11.3. The van der Waals surface area contributed by atoms with E-state index in [4.69, 9.17) is 17.3 Å². The van der Waals surface area contributed by atoms with Crippen LogP contribution in [0.1, 0.15) is 19.4 Å². The average molecular weight is 241 g/mol. The van der Waals surface area contributed by atoms with Gasteiger partial charge in [0.15, 0.2) is 0 Å². The molecule has 88 valence electrons. The summed E-state index contributed by atoms with van der Waals surface area (Å²) in [5.41, 5.74) is 6.61. The molecule has 0 saturated carbocycles. The number of halogens is 1. The fourth-order valence-corrected chi connectivity index (χ4v) is 1.53. The maximum atomic E-state index is 11.3. The summed E-state index contributed by atoms with van der Waals surface area (Å²) in [7, 11) is 0. The first kappa shape index (κ1) is 13.0. The van der Waals surface area contributed by atoms with E-state index >= 15 is 0 Å². The van der Waals surface area contributed by atoms with Crippen molar-refractivity contribution in [1.29, 1.82) is 0 Å². The number of carbonyl (C=O) groups excluding carboxylic acids is 1. The van der Waals surface area contributed by atoms with Gasteiger partial charge in [-0.05, 0) is 38.0 Å². The van der Waals surface area contributed by atoms with Crippen LogP contribution in [-0.4, -0.2) is 18.0 Å². The van der Waals surface area contributed by atoms with Crippen LogP contribution in [0.3, 0.4) is 0 Å². The van der Waals surface area contributed by atoms with Crippen molar-refractivity contribution in [2.24, 2.45) is 5.73 Å². The zero-order valence-electron chi connectivity index (χ0n) is 9.53. The van der Waals surface area contributed by atoms with Gasteiger partial charge in [0, 0.05) is 11.1 Å². The van der Waals surface area contributed by atoms with E-state index < -0.39 is 6.04 Å². The number of rotatable bonds is 4. The van der Waals surface area contributed by atoms with Gasteiger partial charge in [0.05, 0.1) is 6.04 Å². The molecular formula is C12H17ClN2O. The first-order valence-corrected chi connectivity index (χ1v) is 5.67. The minimum Gasteiger partial charge on any atom is -0.352 e. The second-order valence-corrected chi connectivity index (χ2v) is 4.47. The fraction of sp³-hybridized carbons (Fsp3) is 0.417. The average Bonchev–Trinajstić information content (AvgIpc) is 2.21. The van der Waals surface area contributed by atoms with Crippen molar-refractivity contribution in [3.8, 4) is 0 Å². The number of amides is 1. The Morgan fingerprint density at radius 2 is 1.94 bits per heavy atom. The third-order valence-corrected chi connectivity index (χ3v) is 2.51. The minimum absolute atomic E-state index is 0.0691. The summed E-state index contributed by atoms with van der Waals surface area (Å²) >= 11 is 5.79. The summed E-state index contributed by atoms with van der Waals surface area (Å²) in [5.74, 6) is -0.124. The highest BCUT2D eigenvalue weighted by atomic mass is 35.5. The number of nitrogens with one attached hydrogen (secondary N) is 1. The topological polar surface area (TPSA) is 55.1 Å². The van der Waals surface area contributed by atoms with E-state index in [-0.39, 0.29) is 11.9 Å². The highest BCUT2D eigenvalue weighted by Gasteiger charge is 2.11. The van der Waals surface area contributed by atoms with Gasteiger partial charge in [0.2, 0.25) is 5.91 Å². The van der Waals surface area contributed by atoms with Gasteiger partial charge < -0.3 is 11.1 Å². The van der Waals surface area contributed by atoms with Gasteiger partial charge in [0.1, 0.15) is 0 Å². The standard InChI is InChI=1S/C12H17ClN2O/c1-8(15-12(16)9(2)14)7-10-3-5-11(13)6-4-10/h3-6,8-9H,7,14H2,1-2H3,(H,15,16)/t8?,9-/m1/s1. The quantitative estimate of drug-likeness (QED) is 0.842. The number of hydrogen-bond donors (Lipinski definition) is 2. The van der Waals surface area contributed by atoms with Crippen LogP contribution in [0, 0.1) is 0 Å². The molecule has 0 aliphatic heterocycles. The summed E-state index contributed by atoms with van der Waals surface area (Å²) in [6, 6.07) is 7.20. The highest BCUT2D eigenvalue weighted by Crippen LogP contribution is 2.10. The third kappa shape index (κ3) is 4.21. The smallest absolute Gasteiger partial charge is 0.236 e. The van der Waals surface area contributed by atoms with Crippen molar-refractivity contribution in [2.75, 3.05) is 0 Å². The Morgan fingerprint density at radius 1 is 1.38 bits per heavy atom. The minimum atomic E-state index is -0.465. The largest absolute Gasteiger partial charge is 0.352 e. The maximum Gasteiger partial charge on any atom is 0.236 e. The van der Waals surface area contributed by atoms with Crippen molar-refractivity contribution >= 4 is 17.5 Å². The molecule has 2 atom stereocenters. The molecule has 0 fully saturated rings. The summed E-state index contributed by atoms with van der Waals surface area (Å²) in [6.07, 6.45) is 0.773. The molecule has 1 unspecified atom stereocenters. The Morgan fingerprint density at radius 3 is 2.44 bits per heavy atom. The summed E-state index contributed by atoms with van der Waals surface area (Å²) in [4.78, 5) is 11.3. The summed E-state index contributed by atoms with van der Waals surface area (Å²) in [5, 5.41) is 3.56. The molecule has 0 heterocycles. The predicted molar refractivity (Wildman–Crippen MR) is 66.4 cm³/mol. The van der Waals surface area contributed by atoms with Crippen molar-refractivity contribution in [3.05, 3.63) is 34.9 Å². The first-order valence-electron chi connectivity index (χ1n) is 5.29. The van der Waals surface area contributed by atoms with E-state index in [1.54, 1.807) is 6.92 Å². The lowest BCUT2D eigenvalue weighted by atomic mass is 10.1. The van der Waals surface area contributed by atoms with E-state index in [1.165, 1.54) is 0 Å². The van der Waals surface area contributed by atoms with E-state index in [9.17, 15) is 4.79 Å². The molecular weight excluding hydrogens is 224 g/mol. The van der Waals surface area contributed by atoms with Crippen LogP contribution >= 0.6 is 11.6 Å². The van der Waals surface area contributed by atoms with E-state index in [1.807, 2.05) is 31.2 Å². The Labute approximate surface area is 101 Å². The molecule has 16 heavy (non-hydrogen) atoms. The van der Waals surface area contributed by atoms with Crippen molar-refractivity contribution < 1.29 is 4.79 Å². The molecule has 0 bridgehead atoms. The first-order chi connectivity index (χ1) is 7.49. The lowest BCUT2D eigenvalue weighted by Crippen LogP contribution is -2.43. The van der Waals surface area contributed by atoms with Crippen LogP contribution < -0.4 is 11.1 Å². The van der Waals surface area contributed by atoms with Crippen molar-refractivity contribution in [1.82, 2.24) is 5.32 Å². The molecule has 0 aliphatic carbocycles. The Hall–Kier alpha value is -1.06. The van der Waals surface area contributed by atoms with Crippen LogP contribution in [0.5, 0.6) is 0 Å². The molecule has 4 heteroatoms. The van der Waals surface area contributed by atoms with Gasteiger partial charge >= 0.3 is 0 Å². The molecule has 0 saturated heterocycles. The summed E-state index contributed by atoms with van der Waals surface area (Å²) < 4.78 is 0. The van der Waals surface area contributed by atoms with E-state index in [0.717, 1.165) is 17.0 Å². The van der Waals surface area contributed by atoms with Gasteiger partial charge in [0.25, 0.3) is 0 Å². The Kier molecular flexibility index (Phi) is 4.77. The van der Waals surface area contributed by atoms with Crippen LogP contribution in [0.25, 0.3) is 0 Å². The molecule has 1 amide bonds. The van der Waals surface area contributed by atoms with Gasteiger partial charge in [-0.25, -0.2) is 0 Å². The van der Waals surface area contributed by atoms with Crippen LogP contribution in [0.15, 0.2) is 24.3 Å². The monoisotopic (exact) mass is 240 g/mol. The van der Waals surface area contributed by atoms with Crippen molar-refractivity contribution in [2.45, 2.75) is 32.4 Å². The number of nitrogens with two attached hydrogens (primary N) is 1. The highest BCUT2D eigenvalue weighted by molar-refractivity contribution is 6.30. The number of hydrogen-bond acceptors (Lipinski definition) is 2. The molecule has 0 spiro atoms. The molecule has 0 aromatic heterocycles. The number of benzene rings is 1. The van der Waals surface area contributed by atoms with Gasteiger partial charge in [-0.3, -0.25) is 4.79 Å². The molecule has 1 aromatic rings. The fourth-order valence-electron chi connectivity index (χ4n) is 1.40. The SMILES string of the molecule is CC(Cc1ccc(Cl)cc1)NC(=O)[C@@H](C)N. The van der Waals surface area contributed by atoms with Gasteiger partial charge in [-0.15, -0.1) is 0 Å². The predicted octanol–water partition coefficient (Wildman–Crippen LogP) is 1.73. The van der Waals surface area contributed by atoms with Crippen LogP contribution in [-0.2, 0) is 11.2 Å². The van der Waals surface area contributed by atoms with E-state index in [2.05, 4.69) is 5.32 Å². The molecule has 1 aromatic carbocycles. The van der Waals surface area contributed by atoms with Crippen molar-refractivity contribution in [3.63, 3.8) is 0 Å². The molecule has 3 N–H and O–H groups in total. The van der Waals surface area contributed by atoms with Crippen LogP contribution in [0.2, 0.25) is 5.02 Å². The normalized spacial score (nSPS) is 14.2. The van der Waals surface area contributed by atoms with Gasteiger partial charge in [-0.1, -0.05) is 23.7 Å². The van der Waals surface area contributed by atoms with Crippen LogP contribution in [0.4, 0.5) is 0 Å².